The monoisotopic (exact) mass is 424 g/mol. The molecule has 0 atom stereocenters. The summed E-state index contributed by atoms with van der Waals surface area (Å²) in [5.41, 5.74) is 6.81. The van der Waals surface area contributed by atoms with E-state index in [4.69, 9.17) is 0 Å². The molecule has 0 spiro atoms. The molecule has 1 aromatic heterocycles. The molecule has 3 aromatic carbocycles. The SMILES string of the molecule is Cc1ccc(N(CC(=O)Nc2c(C)nn(-c3ccccc3)c2C)Cc2ccccc2)cc1. The van der Waals surface area contributed by atoms with E-state index >= 15 is 0 Å². The molecule has 162 valence electrons. The highest BCUT2D eigenvalue weighted by molar-refractivity contribution is 5.95. The topological polar surface area (TPSA) is 50.2 Å². The molecule has 1 N–H and O–H groups in total. The number of rotatable bonds is 7. The van der Waals surface area contributed by atoms with Crippen LogP contribution in [0, 0.1) is 20.8 Å². The zero-order valence-corrected chi connectivity index (χ0v) is 18.7. The van der Waals surface area contributed by atoms with E-state index in [2.05, 4.69) is 58.6 Å². The highest BCUT2D eigenvalue weighted by Crippen LogP contribution is 2.23. The van der Waals surface area contributed by atoms with E-state index in [1.54, 1.807) is 0 Å². The maximum atomic E-state index is 13.1. The summed E-state index contributed by atoms with van der Waals surface area (Å²) in [5, 5.41) is 7.74. The number of amides is 1. The smallest absolute Gasteiger partial charge is 0.244 e. The van der Waals surface area contributed by atoms with Crippen LogP contribution in [0.1, 0.15) is 22.5 Å². The van der Waals surface area contributed by atoms with Crippen LogP contribution in [-0.4, -0.2) is 22.2 Å². The number of carbonyl (C=O) groups excluding carboxylic acids is 1. The van der Waals surface area contributed by atoms with Crippen molar-refractivity contribution in [3.63, 3.8) is 0 Å². The molecule has 0 saturated heterocycles. The maximum absolute atomic E-state index is 13.1. The maximum Gasteiger partial charge on any atom is 0.244 e. The molecule has 32 heavy (non-hydrogen) atoms. The van der Waals surface area contributed by atoms with Crippen LogP contribution in [0.3, 0.4) is 0 Å². The minimum Gasteiger partial charge on any atom is -0.358 e. The highest BCUT2D eigenvalue weighted by atomic mass is 16.2. The van der Waals surface area contributed by atoms with Crippen molar-refractivity contribution in [2.45, 2.75) is 27.3 Å². The van der Waals surface area contributed by atoms with Crippen molar-refractivity contribution in [2.24, 2.45) is 0 Å². The first-order valence-electron chi connectivity index (χ1n) is 10.8. The van der Waals surface area contributed by atoms with E-state index in [1.165, 1.54) is 5.56 Å². The minimum absolute atomic E-state index is 0.0692. The fourth-order valence-electron chi connectivity index (χ4n) is 3.79. The lowest BCUT2D eigenvalue weighted by atomic mass is 10.1. The first-order valence-corrected chi connectivity index (χ1v) is 10.8. The summed E-state index contributed by atoms with van der Waals surface area (Å²) < 4.78 is 1.87. The average Bonchev–Trinajstić information content (AvgIpc) is 3.09. The molecular weight excluding hydrogens is 396 g/mol. The van der Waals surface area contributed by atoms with Crippen LogP contribution in [0.25, 0.3) is 5.69 Å². The highest BCUT2D eigenvalue weighted by Gasteiger charge is 2.18. The fraction of sp³-hybridized carbons (Fsp3) is 0.185. The van der Waals surface area contributed by atoms with Crippen LogP contribution >= 0.6 is 0 Å². The third-order valence-corrected chi connectivity index (χ3v) is 5.51. The van der Waals surface area contributed by atoms with Crippen molar-refractivity contribution in [1.29, 1.82) is 0 Å². The number of anilines is 2. The fourth-order valence-corrected chi connectivity index (χ4v) is 3.79. The number of hydrogen-bond donors (Lipinski definition) is 1. The van der Waals surface area contributed by atoms with E-state index in [9.17, 15) is 4.79 Å². The Morgan fingerprint density at radius 3 is 2.16 bits per heavy atom. The number of nitrogens with one attached hydrogen (secondary N) is 1. The molecule has 5 nitrogen and oxygen atoms in total. The Hall–Kier alpha value is -3.86. The second kappa shape index (κ2) is 9.52. The molecule has 4 aromatic rings. The van der Waals surface area contributed by atoms with E-state index in [0.717, 1.165) is 34.0 Å². The molecule has 0 bridgehead atoms. The van der Waals surface area contributed by atoms with Gasteiger partial charge in [0.2, 0.25) is 5.91 Å². The molecule has 0 fully saturated rings. The quantitative estimate of drug-likeness (QED) is 0.430. The Kier molecular flexibility index (Phi) is 6.36. The first-order chi connectivity index (χ1) is 15.5. The lowest BCUT2D eigenvalue weighted by Crippen LogP contribution is -2.33. The van der Waals surface area contributed by atoms with Gasteiger partial charge in [-0.05, 0) is 50.6 Å². The molecule has 5 heteroatoms. The zero-order chi connectivity index (χ0) is 22.5. The van der Waals surface area contributed by atoms with Gasteiger partial charge in [0, 0.05) is 12.2 Å². The summed E-state index contributed by atoms with van der Waals surface area (Å²) in [6, 6.07) is 28.4. The zero-order valence-electron chi connectivity index (χ0n) is 18.7. The summed E-state index contributed by atoms with van der Waals surface area (Å²) in [6.45, 7) is 6.86. The van der Waals surface area contributed by atoms with Crippen molar-refractivity contribution in [3.8, 4) is 5.69 Å². The number of aryl methyl sites for hydroxylation is 2. The summed E-state index contributed by atoms with van der Waals surface area (Å²) in [5.74, 6) is -0.0692. The number of hydrogen-bond acceptors (Lipinski definition) is 3. The van der Waals surface area contributed by atoms with Crippen molar-refractivity contribution >= 4 is 17.3 Å². The third-order valence-electron chi connectivity index (χ3n) is 5.51. The van der Waals surface area contributed by atoms with Crippen molar-refractivity contribution in [2.75, 3.05) is 16.8 Å². The number of aromatic nitrogens is 2. The van der Waals surface area contributed by atoms with Crippen molar-refractivity contribution < 1.29 is 4.79 Å². The van der Waals surface area contributed by atoms with Crippen LogP contribution < -0.4 is 10.2 Å². The molecule has 4 rings (SSSR count). The van der Waals surface area contributed by atoms with Crippen molar-refractivity contribution in [1.82, 2.24) is 9.78 Å². The van der Waals surface area contributed by atoms with E-state index in [0.29, 0.717) is 6.54 Å². The molecule has 1 amide bonds. The number of nitrogens with zero attached hydrogens (tertiary/aromatic N) is 3. The largest absolute Gasteiger partial charge is 0.358 e. The molecule has 0 saturated carbocycles. The third kappa shape index (κ3) is 4.89. The van der Waals surface area contributed by atoms with Crippen molar-refractivity contribution in [3.05, 3.63) is 107 Å². The predicted octanol–water partition coefficient (Wildman–Crippen LogP) is 5.44. The van der Waals surface area contributed by atoms with Crippen LogP contribution in [0.4, 0.5) is 11.4 Å². The molecule has 1 heterocycles. The molecule has 0 aliphatic rings. The Morgan fingerprint density at radius 2 is 1.50 bits per heavy atom. The predicted molar refractivity (Wildman–Crippen MR) is 130 cm³/mol. The Balaban J connectivity index is 1.55. The van der Waals surface area contributed by atoms with Gasteiger partial charge in [0.05, 0.1) is 29.3 Å². The standard InChI is InChI=1S/C27H28N4O/c1-20-14-16-24(17-15-20)30(18-23-10-6-4-7-11-23)19-26(32)28-27-21(2)29-31(22(27)3)25-12-8-5-9-13-25/h4-17H,18-19H2,1-3H3,(H,28,32). The number of carbonyl (C=O) groups is 1. The van der Waals surface area contributed by atoms with Gasteiger partial charge >= 0.3 is 0 Å². The molecule has 0 aliphatic heterocycles. The van der Waals surface area contributed by atoms with Crippen LogP contribution in [0.2, 0.25) is 0 Å². The Bertz CT molecular complexity index is 1180. The van der Waals surface area contributed by atoms with E-state index in [-0.39, 0.29) is 12.5 Å². The Morgan fingerprint density at radius 1 is 0.875 bits per heavy atom. The molecule has 0 radical (unpaired) electrons. The van der Waals surface area contributed by atoms with Gasteiger partial charge in [-0.25, -0.2) is 4.68 Å². The van der Waals surface area contributed by atoms with E-state index < -0.39 is 0 Å². The molecule has 0 aliphatic carbocycles. The molecule has 0 unspecified atom stereocenters. The summed E-state index contributed by atoms with van der Waals surface area (Å²) in [7, 11) is 0. The van der Waals surface area contributed by atoms with Gasteiger partial charge < -0.3 is 10.2 Å². The summed E-state index contributed by atoms with van der Waals surface area (Å²) >= 11 is 0. The Labute approximate surface area is 189 Å². The van der Waals surface area contributed by atoms with Crippen LogP contribution in [0.15, 0.2) is 84.9 Å². The van der Waals surface area contributed by atoms with Gasteiger partial charge in [0.15, 0.2) is 0 Å². The van der Waals surface area contributed by atoms with E-state index in [1.807, 2.05) is 67.1 Å². The second-order valence-electron chi connectivity index (χ2n) is 8.02. The summed E-state index contributed by atoms with van der Waals surface area (Å²) in [4.78, 5) is 15.2. The average molecular weight is 425 g/mol. The van der Waals surface area contributed by atoms with Gasteiger partial charge in [0.1, 0.15) is 0 Å². The van der Waals surface area contributed by atoms with Crippen LogP contribution in [-0.2, 0) is 11.3 Å². The van der Waals surface area contributed by atoms with Gasteiger partial charge in [-0.3, -0.25) is 4.79 Å². The summed E-state index contributed by atoms with van der Waals surface area (Å²) in [6.07, 6.45) is 0. The number of benzene rings is 3. The second-order valence-corrected chi connectivity index (χ2v) is 8.02. The first kappa shape index (κ1) is 21.4. The number of para-hydroxylation sites is 1. The van der Waals surface area contributed by atoms with Gasteiger partial charge in [-0.2, -0.15) is 5.10 Å². The van der Waals surface area contributed by atoms with Gasteiger partial charge in [-0.15, -0.1) is 0 Å². The lowest BCUT2D eigenvalue weighted by molar-refractivity contribution is -0.115. The lowest BCUT2D eigenvalue weighted by Gasteiger charge is -2.24. The van der Waals surface area contributed by atoms with Crippen LogP contribution in [0.5, 0.6) is 0 Å². The minimum atomic E-state index is -0.0692. The van der Waals surface area contributed by atoms with Gasteiger partial charge in [-0.1, -0.05) is 66.2 Å². The molecular formula is C27H28N4O. The van der Waals surface area contributed by atoms with Gasteiger partial charge in [0.25, 0.3) is 0 Å². The normalized spacial score (nSPS) is 10.7.